The molecule has 0 fully saturated rings. The lowest BCUT2D eigenvalue weighted by Crippen LogP contribution is -2.24. The molecule has 0 aliphatic carbocycles. The van der Waals surface area contributed by atoms with Gasteiger partial charge in [-0.3, -0.25) is 10.3 Å². The number of aromatic nitrogens is 1. The quantitative estimate of drug-likeness (QED) is 0.786. The Kier molecular flexibility index (Phi) is 4.09. The molecule has 0 radical (unpaired) electrons. The van der Waals surface area contributed by atoms with Gasteiger partial charge in [-0.05, 0) is 30.2 Å². The van der Waals surface area contributed by atoms with Crippen LogP contribution in [0.3, 0.4) is 0 Å². The van der Waals surface area contributed by atoms with Crippen molar-refractivity contribution in [1.29, 1.82) is 5.26 Å². The number of rotatable bonds is 4. The van der Waals surface area contributed by atoms with Crippen molar-refractivity contribution in [3.05, 3.63) is 30.1 Å². The molecule has 1 atom stereocenters. The van der Waals surface area contributed by atoms with E-state index in [0.29, 0.717) is 5.92 Å². The topological polar surface area (TPSA) is 48.7 Å². The van der Waals surface area contributed by atoms with Crippen LogP contribution in [0.2, 0.25) is 0 Å². The van der Waals surface area contributed by atoms with Crippen molar-refractivity contribution in [3.8, 4) is 6.07 Å². The Labute approximate surface area is 84.8 Å². The third-order valence-corrected chi connectivity index (χ3v) is 1.90. The van der Waals surface area contributed by atoms with Crippen LogP contribution in [0, 0.1) is 17.2 Å². The second-order valence-corrected chi connectivity index (χ2v) is 3.64. The van der Waals surface area contributed by atoms with Crippen LogP contribution < -0.4 is 5.32 Å². The van der Waals surface area contributed by atoms with Crippen molar-refractivity contribution < 1.29 is 0 Å². The van der Waals surface area contributed by atoms with Crippen molar-refractivity contribution in [2.24, 2.45) is 5.92 Å². The zero-order valence-electron chi connectivity index (χ0n) is 8.57. The van der Waals surface area contributed by atoms with Crippen LogP contribution >= 0.6 is 0 Å². The van der Waals surface area contributed by atoms with Crippen molar-refractivity contribution in [2.75, 3.05) is 6.54 Å². The van der Waals surface area contributed by atoms with Crippen LogP contribution in [0.4, 0.5) is 0 Å². The molecule has 3 heteroatoms. The summed E-state index contributed by atoms with van der Waals surface area (Å²) in [6.45, 7) is 5.09. The van der Waals surface area contributed by atoms with Crippen molar-refractivity contribution in [3.63, 3.8) is 0 Å². The highest BCUT2D eigenvalue weighted by atomic mass is 14.9. The molecule has 1 aromatic heterocycles. The maximum Gasteiger partial charge on any atom is 0.121 e. The molecule has 1 aromatic rings. The lowest BCUT2D eigenvalue weighted by molar-refractivity contribution is 0.525. The fraction of sp³-hybridized carbons (Fsp3) is 0.455. The molecule has 0 saturated heterocycles. The van der Waals surface area contributed by atoms with E-state index in [9.17, 15) is 0 Å². The molecule has 1 unspecified atom stereocenters. The van der Waals surface area contributed by atoms with E-state index < -0.39 is 0 Å². The van der Waals surface area contributed by atoms with E-state index in [1.807, 2.05) is 12.1 Å². The Morgan fingerprint density at radius 1 is 1.43 bits per heavy atom. The van der Waals surface area contributed by atoms with Crippen LogP contribution in [-0.4, -0.2) is 11.5 Å². The molecule has 0 aliphatic rings. The molecule has 1 N–H and O–H groups in total. The minimum Gasteiger partial charge on any atom is -0.298 e. The van der Waals surface area contributed by atoms with E-state index in [1.165, 1.54) is 0 Å². The molecule has 1 rings (SSSR count). The van der Waals surface area contributed by atoms with Crippen LogP contribution in [-0.2, 0) is 0 Å². The van der Waals surface area contributed by atoms with Gasteiger partial charge in [0.25, 0.3) is 0 Å². The standard InChI is InChI=1S/C11H15N3/c1-9(2)8-14-11(7-12)10-3-5-13-6-4-10/h3-6,9,11,14H,8H2,1-2H3. The van der Waals surface area contributed by atoms with Crippen molar-refractivity contribution >= 4 is 0 Å². The third kappa shape index (κ3) is 3.15. The number of nitrogens with zero attached hydrogens (tertiary/aromatic N) is 2. The normalized spacial score (nSPS) is 12.4. The maximum atomic E-state index is 8.96. The molecule has 1 heterocycles. The lowest BCUT2D eigenvalue weighted by atomic mass is 10.1. The number of nitrogens with one attached hydrogen (secondary N) is 1. The summed E-state index contributed by atoms with van der Waals surface area (Å²) in [6.07, 6.45) is 3.41. The summed E-state index contributed by atoms with van der Waals surface area (Å²) in [6, 6.07) is 5.74. The second kappa shape index (κ2) is 5.36. The van der Waals surface area contributed by atoms with E-state index >= 15 is 0 Å². The first-order valence-corrected chi connectivity index (χ1v) is 4.77. The van der Waals surface area contributed by atoms with Crippen molar-refractivity contribution in [1.82, 2.24) is 10.3 Å². The molecular formula is C11H15N3. The molecule has 0 spiro atoms. The Balaban J connectivity index is 2.60. The summed E-state index contributed by atoms with van der Waals surface area (Å²) in [5.74, 6) is 0.549. The largest absolute Gasteiger partial charge is 0.298 e. The minimum absolute atomic E-state index is 0.222. The summed E-state index contributed by atoms with van der Waals surface area (Å²) < 4.78 is 0. The van der Waals surface area contributed by atoms with Crippen LogP contribution in [0.25, 0.3) is 0 Å². The third-order valence-electron chi connectivity index (χ3n) is 1.90. The Bertz CT molecular complexity index is 300. The summed E-state index contributed by atoms with van der Waals surface area (Å²) in [5, 5.41) is 12.2. The fourth-order valence-corrected chi connectivity index (χ4v) is 1.15. The van der Waals surface area contributed by atoms with Gasteiger partial charge in [0.2, 0.25) is 0 Å². The van der Waals surface area contributed by atoms with Gasteiger partial charge in [0.1, 0.15) is 6.04 Å². The molecular weight excluding hydrogens is 174 g/mol. The predicted molar refractivity (Wildman–Crippen MR) is 55.4 cm³/mol. The number of hydrogen-bond acceptors (Lipinski definition) is 3. The van der Waals surface area contributed by atoms with Gasteiger partial charge in [-0.15, -0.1) is 0 Å². The highest BCUT2D eigenvalue weighted by molar-refractivity contribution is 5.20. The molecule has 0 aromatic carbocycles. The van der Waals surface area contributed by atoms with Gasteiger partial charge >= 0.3 is 0 Å². The van der Waals surface area contributed by atoms with E-state index in [0.717, 1.165) is 12.1 Å². The highest BCUT2D eigenvalue weighted by Gasteiger charge is 2.08. The van der Waals surface area contributed by atoms with E-state index in [4.69, 9.17) is 5.26 Å². The molecule has 0 saturated carbocycles. The van der Waals surface area contributed by atoms with Gasteiger partial charge in [0, 0.05) is 12.4 Å². The maximum absolute atomic E-state index is 8.96. The number of hydrogen-bond donors (Lipinski definition) is 1. The van der Waals surface area contributed by atoms with Crippen LogP contribution in [0.15, 0.2) is 24.5 Å². The second-order valence-electron chi connectivity index (χ2n) is 3.64. The highest BCUT2D eigenvalue weighted by Crippen LogP contribution is 2.10. The zero-order chi connectivity index (χ0) is 10.4. The Morgan fingerprint density at radius 3 is 2.57 bits per heavy atom. The minimum atomic E-state index is -0.222. The lowest BCUT2D eigenvalue weighted by Gasteiger charge is -2.12. The fourth-order valence-electron chi connectivity index (χ4n) is 1.15. The summed E-state index contributed by atoms with van der Waals surface area (Å²) in [4.78, 5) is 3.92. The van der Waals surface area contributed by atoms with Gasteiger partial charge in [-0.2, -0.15) is 5.26 Å². The van der Waals surface area contributed by atoms with Crippen molar-refractivity contribution in [2.45, 2.75) is 19.9 Å². The first kappa shape index (κ1) is 10.7. The molecule has 0 aliphatic heterocycles. The zero-order valence-corrected chi connectivity index (χ0v) is 8.57. The number of pyridine rings is 1. The summed E-state index contributed by atoms with van der Waals surface area (Å²) >= 11 is 0. The first-order valence-electron chi connectivity index (χ1n) is 4.77. The van der Waals surface area contributed by atoms with E-state index in [1.54, 1.807) is 12.4 Å². The van der Waals surface area contributed by atoms with E-state index in [2.05, 4.69) is 30.2 Å². The average molecular weight is 189 g/mol. The van der Waals surface area contributed by atoms with Crippen LogP contribution in [0.1, 0.15) is 25.5 Å². The Morgan fingerprint density at radius 2 is 2.07 bits per heavy atom. The van der Waals surface area contributed by atoms with Gasteiger partial charge in [-0.25, -0.2) is 0 Å². The van der Waals surface area contributed by atoms with Gasteiger partial charge in [0.05, 0.1) is 6.07 Å². The average Bonchev–Trinajstić information content (AvgIpc) is 2.20. The smallest absolute Gasteiger partial charge is 0.121 e. The first-order chi connectivity index (χ1) is 6.74. The molecule has 0 bridgehead atoms. The molecule has 0 amide bonds. The van der Waals surface area contributed by atoms with E-state index in [-0.39, 0.29) is 6.04 Å². The van der Waals surface area contributed by atoms with Gasteiger partial charge in [-0.1, -0.05) is 13.8 Å². The predicted octanol–water partition coefficient (Wildman–Crippen LogP) is 1.89. The van der Waals surface area contributed by atoms with Gasteiger partial charge < -0.3 is 0 Å². The number of nitriles is 1. The van der Waals surface area contributed by atoms with Crippen LogP contribution in [0.5, 0.6) is 0 Å². The monoisotopic (exact) mass is 189 g/mol. The molecule has 74 valence electrons. The molecule has 3 nitrogen and oxygen atoms in total. The summed E-state index contributed by atoms with van der Waals surface area (Å²) in [5.41, 5.74) is 0.975. The summed E-state index contributed by atoms with van der Waals surface area (Å²) in [7, 11) is 0. The SMILES string of the molecule is CC(C)CNC(C#N)c1ccncc1. The Hall–Kier alpha value is -1.40. The molecule has 14 heavy (non-hydrogen) atoms. The van der Waals surface area contributed by atoms with Gasteiger partial charge in [0.15, 0.2) is 0 Å².